The lowest BCUT2D eigenvalue weighted by Crippen LogP contribution is -2.55. The molecular weight excluding hydrogens is 248 g/mol. The van der Waals surface area contributed by atoms with Crippen molar-refractivity contribution in [3.8, 4) is 0 Å². The first-order valence-electron chi connectivity index (χ1n) is 7.54. The van der Waals surface area contributed by atoms with Crippen molar-refractivity contribution in [2.75, 3.05) is 26.2 Å². The van der Waals surface area contributed by atoms with Crippen LogP contribution in [0.5, 0.6) is 0 Å². The van der Waals surface area contributed by atoms with Crippen LogP contribution in [0.1, 0.15) is 39.3 Å². The van der Waals surface area contributed by atoms with Crippen LogP contribution < -0.4 is 5.73 Å². The number of hydrogen-bond acceptors (Lipinski definition) is 4. The minimum atomic E-state index is 0.124. The van der Waals surface area contributed by atoms with Gasteiger partial charge in [-0.3, -0.25) is 14.8 Å². The summed E-state index contributed by atoms with van der Waals surface area (Å²) in [6.45, 7) is 13.3. The highest BCUT2D eigenvalue weighted by molar-refractivity contribution is 5.17. The third-order valence-electron chi connectivity index (χ3n) is 4.20. The number of piperazine rings is 1. The van der Waals surface area contributed by atoms with Gasteiger partial charge in [-0.15, -0.1) is 0 Å². The number of pyridine rings is 1. The smallest absolute Gasteiger partial charge is 0.0498 e. The average molecular weight is 276 g/mol. The molecule has 112 valence electrons. The van der Waals surface area contributed by atoms with E-state index in [4.69, 9.17) is 5.73 Å². The van der Waals surface area contributed by atoms with Crippen LogP contribution in [0.2, 0.25) is 0 Å². The molecule has 0 radical (unpaired) electrons. The van der Waals surface area contributed by atoms with Crippen LogP contribution in [-0.4, -0.2) is 52.5 Å². The highest BCUT2D eigenvalue weighted by Crippen LogP contribution is 2.26. The molecule has 0 spiro atoms. The van der Waals surface area contributed by atoms with Crippen molar-refractivity contribution in [2.24, 2.45) is 5.73 Å². The van der Waals surface area contributed by atoms with Crippen molar-refractivity contribution >= 4 is 0 Å². The fourth-order valence-corrected chi connectivity index (χ4v) is 3.08. The highest BCUT2D eigenvalue weighted by atomic mass is 15.3. The van der Waals surface area contributed by atoms with Crippen LogP contribution >= 0.6 is 0 Å². The van der Waals surface area contributed by atoms with E-state index in [0.29, 0.717) is 6.04 Å². The zero-order valence-corrected chi connectivity index (χ0v) is 13.2. The van der Waals surface area contributed by atoms with Gasteiger partial charge in [0.05, 0.1) is 0 Å². The summed E-state index contributed by atoms with van der Waals surface area (Å²) in [7, 11) is 0. The van der Waals surface area contributed by atoms with E-state index in [2.05, 4.69) is 54.6 Å². The number of rotatable bonds is 3. The van der Waals surface area contributed by atoms with E-state index in [1.165, 1.54) is 5.56 Å². The Morgan fingerprint density at radius 1 is 1.10 bits per heavy atom. The number of nitrogens with two attached hydrogens (primary N) is 1. The van der Waals surface area contributed by atoms with Gasteiger partial charge in [-0.05, 0) is 45.4 Å². The van der Waals surface area contributed by atoms with Crippen molar-refractivity contribution in [1.82, 2.24) is 14.8 Å². The molecule has 2 N–H and O–H groups in total. The minimum Gasteiger partial charge on any atom is -0.326 e. The molecule has 0 amide bonds. The lowest BCUT2D eigenvalue weighted by atomic mass is 9.98. The maximum Gasteiger partial charge on any atom is 0.0498 e. The summed E-state index contributed by atoms with van der Waals surface area (Å²) >= 11 is 0. The summed E-state index contributed by atoms with van der Waals surface area (Å²) in [6, 6.07) is 4.59. The first-order valence-corrected chi connectivity index (χ1v) is 7.54. The second kappa shape index (κ2) is 6.20. The topological polar surface area (TPSA) is 45.4 Å². The molecular formula is C16H28N4. The molecule has 2 atom stereocenters. The fraction of sp³-hybridized carbons (Fsp3) is 0.688. The molecule has 1 aliphatic heterocycles. The Kier molecular flexibility index (Phi) is 4.78. The van der Waals surface area contributed by atoms with Crippen molar-refractivity contribution in [3.05, 3.63) is 30.1 Å². The predicted octanol–water partition coefficient (Wildman–Crippen LogP) is 1.89. The third-order valence-corrected chi connectivity index (χ3v) is 4.20. The summed E-state index contributed by atoms with van der Waals surface area (Å²) in [4.78, 5) is 9.18. The van der Waals surface area contributed by atoms with E-state index in [0.717, 1.165) is 26.2 Å². The lowest BCUT2D eigenvalue weighted by Gasteiger charge is -2.45. The molecule has 1 aliphatic rings. The van der Waals surface area contributed by atoms with Gasteiger partial charge in [0.25, 0.3) is 0 Å². The van der Waals surface area contributed by atoms with Crippen LogP contribution in [0.3, 0.4) is 0 Å². The molecule has 4 nitrogen and oxygen atoms in total. The Balaban J connectivity index is 2.07. The summed E-state index contributed by atoms with van der Waals surface area (Å²) < 4.78 is 0. The molecule has 0 saturated carbocycles. The van der Waals surface area contributed by atoms with Crippen molar-refractivity contribution in [2.45, 2.75) is 45.3 Å². The summed E-state index contributed by atoms with van der Waals surface area (Å²) in [5, 5.41) is 0. The molecule has 1 aromatic heterocycles. The fourth-order valence-electron chi connectivity index (χ4n) is 3.08. The second-order valence-electron chi connectivity index (χ2n) is 6.78. The van der Waals surface area contributed by atoms with Crippen LogP contribution in [0.25, 0.3) is 0 Å². The van der Waals surface area contributed by atoms with E-state index < -0.39 is 0 Å². The molecule has 0 aliphatic carbocycles. The molecule has 1 fully saturated rings. The van der Waals surface area contributed by atoms with Crippen LogP contribution in [-0.2, 0) is 0 Å². The molecule has 2 rings (SSSR count). The molecule has 0 bridgehead atoms. The van der Waals surface area contributed by atoms with Gasteiger partial charge in [0.2, 0.25) is 0 Å². The van der Waals surface area contributed by atoms with Crippen molar-refractivity contribution in [1.29, 1.82) is 0 Å². The molecule has 20 heavy (non-hydrogen) atoms. The van der Waals surface area contributed by atoms with Gasteiger partial charge in [0.15, 0.2) is 0 Å². The van der Waals surface area contributed by atoms with Crippen molar-refractivity contribution in [3.63, 3.8) is 0 Å². The van der Waals surface area contributed by atoms with Gasteiger partial charge in [0.1, 0.15) is 0 Å². The summed E-state index contributed by atoms with van der Waals surface area (Å²) in [5.41, 5.74) is 7.78. The van der Waals surface area contributed by atoms with E-state index in [9.17, 15) is 0 Å². The SMILES string of the molecule is CC(N)C(c1ccncc1)N1CCN(C(C)(C)C)CC1. The molecule has 1 saturated heterocycles. The number of nitrogens with zero attached hydrogens (tertiary/aromatic N) is 3. The van der Waals surface area contributed by atoms with Gasteiger partial charge >= 0.3 is 0 Å². The standard InChI is InChI=1S/C16H28N4/c1-13(17)15(14-5-7-18-8-6-14)19-9-11-20(12-10-19)16(2,3)4/h5-8,13,15H,9-12,17H2,1-4H3. The first kappa shape index (κ1) is 15.4. The van der Waals surface area contributed by atoms with Crippen LogP contribution in [0.15, 0.2) is 24.5 Å². The van der Waals surface area contributed by atoms with E-state index in [1.54, 1.807) is 0 Å². The second-order valence-corrected chi connectivity index (χ2v) is 6.78. The maximum atomic E-state index is 6.24. The summed E-state index contributed by atoms with van der Waals surface area (Å²) in [5.74, 6) is 0. The lowest BCUT2D eigenvalue weighted by molar-refractivity contribution is 0.0369. The monoisotopic (exact) mass is 276 g/mol. The molecule has 2 unspecified atom stereocenters. The van der Waals surface area contributed by atoms with Gasteiger partial charge in [0, 0.05) is 56.2 Å². The molecule has 1 aromatic rings. The normalized spacial score (nSPS) is 21.6. The van der Waals surface area contributed by atoms with Crippen molar-refractivity contribution < 1.29 is 0 Å². The molecule has 0 aromatic carbocycles. The number of aromatic nitrogens is 1. The predicted molar refractivity (Wildman–Crippen MR) is 83.5 cm³/mol. The van der Waals surface area contributed by atoms with E-state index >= 15 is 0 Å². The first-order chi connectivity index (χ1) is 9.39. The van der Waals surface area contributed by atoms with E-state index in [1.807, 2.05) is 12.4 Å². The zero-order chi connectivity index (χ0) is 14.8. The van der Waals surface area contributed by atoms with Gasteiger partial charge in [-0.1, -0.05) is 0 Å². The molecule has 2 heterocycles. The van der Waals surface area contributed by atoms with Gasteiger partial charge < -0.3 is 5.73 Å². The Morgan fingerprint density at radius 2 is 1.65 bits per heavy atom. The number of hydrogen-bond donors (Lipinski definition) is 1. The quantitative estimate of drug-likeness (QED) is 0.915. The zero-order valence-electron chi connectivity index (χ0n) is 13.2. The third kappa shape index (κ3) is 3.57. The Labute approximate surface area is 123 Å². The van der Waals surface area contributed by atoms with Gasteiger partial charge in [-0.25, -0.2) is 0 Å². The Bertz CT molecular complexity index is 402. The average Bonchev–Trinajstić information content (AvgIpc) is 2.39. The Morgan fingerprint density at radius 3 is 2.10 bits per heavy atom. The molecule has 4 heteroatoms. The largest absolute Gasteiger partial charge is 0.326 e. The summed E-state index contributed by atoms with van der Waals surface area (Å²) in [6.07, 6.45) is 3.71. The Hall–Kier alpha value is -0.970. The minimum absolute atomic E-state index is 0.124. The van der Waals surface area contributed by atoms with Crippen LogP contribution in [0, 0.1) is 0 Å². The maximum absolute atomic E-state index is 6.24. The van der Waals surface area contributed by atoms with Crippen LogP contribution in [0.4, 0.5) is 0 Å². The van der Waals surface area contributed by atoms with E-state index in [-0.39, 0.29) is 11.6 Å². The van der Waals surface area contributed by atoms with Gasteiger partial charge in [-0.2, -0.15) is 0 Å². The highest BCUT2D eigenvalue weighted by Gasteiger charge is 2.31.